The van der Waals surface area contributed by atoms with Crippen LogP contribution in [-0.4, -0.2) is 23.1 Å². The monoisotopic (exact) mass is 278 g/mol. The first-order valence-electron chi connectivity index (χ1n) is 4.28. The fraction of sp³-hybridized carbons (Fsp3) is 0.400. The van der Waals surface area contributed by atoms with Crippen molar-refractivity contribution < 1.29 is 9.84 Å². The van der Waals surface area contributed by atoms with Crippen LogP contribution in [0.25, 0.3) is 0 Å². The molecule has 0 aliphatic rings. The summed E-state index contributed by atoms with van der Waals surface area (Å²) in [6.07, 6.45) is -0.450. The van der Waals surface area contributed by atoms with E-state index in [-0.39, 0.29) is 0 Å². The maximum absolute atomic E-state index is 9.19. The highest BCUT2D eigenvalue weighted by Crippen LogP contribution is 2.11. The Morgan fingerprint density at radius 3 is 2.93 bits per heavy atom. The fourth-order valence-electron chi connectivity index (χ4n) is 0.984. The Hall–Kier alpha value is -0.0900. The van der Waals surface area contributed by atoms with E-state index in [1.165, 1.54) is 0 Å². The van der Waals surface area contributed by atoms with Gasteiger partial charge < -0.3 is 9.84 Å². The third kappa shape index (κ3) is 4.42. The molecule has 0 fully saturated rings. The molecule has 1 N–H and O–H groups in total. The van der Waals surface area contributed by atoms with Crippen molar-refractivity contribution in [3.8, 4) is 0 Å². The summed E-state index contributed by atoms with van der Waals surface area (Å²) in [4.78, 5) is 0. The van der Waals surface area contributed by atoms with E-state index >= 15 is 0 Å². The summed E-state index contributed by atoms with van der Waals surface area (Å²) in [7, 11) is 0. The first-order chi connectivity index (χ1) is 6.72. The number of alkyl halides is 1. The van der Waals surface area contributed by atoms with Crippen molar-refractivity contribution in [2.75, 3.05) is 11.9 Å². The van der Waals surface area contributed by atoms with E-state index in [1.807, 2.05) is 24.3 Å². The molecule has 0 aliphatic carbocycles. The van der Waals surface area contributed by atoms with Gasteiger partial charge in [0, 0.05) is 10.4 Å². The summed E-state index contributed by atoms with van der Waals surface area (Å²) in [5, 5.41) is 10.4. The molecule has 1 aromatic carbocycles. The largest absolute Gasteiger partial charge is 0.390 e. The molecule has 0 aromatic heterocycles. The van der Waals surface area contributed by atoms with Crippen molar-refractivity contribution in [1.82, 2.24) is 0 Å². The Bertz CT molecular complexity index is 281. The summed E-state index contributed by atoms with van der Waals surface area (Å²) in [5.41, 5.74) is 1.01. The van der Waals surface area contributed by atoms with Gasteiger partial charge in [-0.3, -0.25) is 0 Å². The summed E-state index contributed by atoms with van der Waals surface area (Å²) >= 11 is 8.96. The van der Waals surface area contributed by atoms with E-state index in [0.29, 0.717) is 23.6 Å². The Labute approximate surface area is 97.0 Å². The molecule has 0 spiro atoms. The fourth-order valence-corrected chi connectivity index (χ4v) is 1.38. The molecule has 78 valence electrons. The molecule has 0 bridgehead atoms. The third-order valence-corrected chi connectivity index (χ3v) is 2.63. The second kappa shape index (κ2) is 6.40. The van der Waals surface area contributed by atoms with E-state index in [0.717, 1.165) is 5.56 Å². The molecule has 1 atom stereocenters. The van der Waals surface area contributed by atoms with Crippen molar-refractivity contribution in [1.29, 1.82) is 0 Å². The lowest BCUT2D eigenvalue weighted by atomic mass is 10.2. The van der Waals surface area contributed by atoms with Crippen LogP contribution in [-0.2, 0) is 11.3 Å². The highest BCUT2D eigenvalue weighted by molar-refractivity contribution is 9.09. The van der Waals surface area contributed by atoms with Crippen molar-refractivity contribution in [3.05, 3.63) is 34.9 Å². The summed E-state index contributed by atoms with van der Waals surface area (Å²) < 4.78 is 5.29. The molecule has 0 radical (unpaired) electrons. The van der Waals surface area contributed by atoms with Gasteiger partial charge in [0.05, 0.1) is 19.3 Å². The van der Waals surface area contributed by atoms with Crippen molar-refractivity contribution in [2.45, 2.75) is 12.7 Å². The van der Waals surface area contributed by atoms with Gasteiger partial charge in [0.1, 0.15) is 0 Å². The van der Waals surface area contributed by atoms with Crippen LogP contribution < -0.4 is 0 Å². The number of aliphatic hydroxyl groups excluding tert-OH is 1. The van der Waals surface area contributed by atoms with Gasteiger partial charge in [-0.05, 0) is 17.7 Å². The first kappa shape index (κ1) is 12.0. The van der Waals surface area contributed by atoms with Crippen molar-refractivity contribution >= 4 is 27.5 Å². The van der Waals surface area contributed by atoms with Crippen LogP contribution in [0.15, 0.2) is 24.3 Å². The van der Waals surface area contributed by atoms with Crippen LogP contribution in [0.3, 0.4) is 0 Å². The maximum atomic E-state index is 9.19. The molecule has 0 amide bonds. The van der Waals surface area contributed by atoms with E-state index in [4.69, 9.17) is 16.3 Å². The summed E-state index contributed by atoms with van der Waals surface area (Å²) in [6.45, 7) is 0.808. The molecular formula is C10H12BrClO2. The molecule has 1 aromatic rings. The Balaban J connectivity index is 2.31. The van der Waals surface area contributed by atoms with Gasteiger partial charge in [-0.15, -0.1) is 0 Å². The van der Waals surface area contributed by atoms with E-state index in [9.17, 15) is 5.11 Å². The lowest BCUT2D eigenvalue weighted by Gasteiger charge is -2.08. The zero-order valence-corrected chi connectivity index (χ0v) is 9.96. The van der Waals surface area contributed by atoms with E-state index in [1.54, 1.807) is 0 Å². The average molecular weight is 280 g/mol. The number of hydrogen-bond acceptors (Lipinski definition) is 2. The minimum absolute atomic E-state index is 0.331. The standard InChI is InChI=1S/C10H12BrClO2/c11-5-10(13)7-14-6-8-2-1-3-9(12)4-8/h1-4,10,13H,5-7H2. The van der Waals surface area contributed by atoms with Gasteiger partial charge >= 0.3 is 0 Å². The number of hydrogen-bond donors (Lipinski definition) is 1. The van der Waals surface area contributed by atoms with Crippen LogP contribution in [0.5, 0.6) is 0 Å². The highest BCUT2D eigenvalue weighted by Gasteiger charge is 2.01. The van der Waals surface area contributed by atoms with Gasteiger partial charge in [-0.1, -0.05) is 39.7 Å². The minimum atomic E-state index is -0.450. The SMILES string of the molecule is OC(CBr)COCc1cccc(Cl)c1. The van der Waals surface area contributed by atoms with Crippen molar-refractivity contribution in [3.63, 3.8) is 0 Å². The molecule has 0 aliphatic heterocycles. The molecule has 2 nitrogen and oxygen atoms in total. The molecule has 1 unspecified atom stereocenters. The number of benzene rings is 1. The molecule has 1 rings (SSSR count). The molecule has 0 heterocycles. The smallest absolute Gasteiger partial charge is 0.0870 e. The Morgan fingerprint density at radius 1 is 1.50 bits per heavy atom. The van der Waals surface area contributed by atoms with Gasteiger partial charge in [0.2, 0.25) is 0 Å². The second-order valence-electron chi connectivity index (χ2n) is 2.95. The van der Waals surface area contributed by atoms with Crippen LogP contribution in [0.4, 0.5) is 0 Å². The second-order valence-corrected chi connectivity index (χ2v) is 4.04. The van der Waals surface area contributed by atoms with Gasteiger partial charge in [-0.25, -0.2) is 0 Å². The van der Waals surface area contributed by atoms with E-state index in [2.05, 4.69) is 15.9 Å². The van der Waals surface area contributed by atoms with Gasteiger partial charge in [0.15, 0.2) is 0 Å². The van der Waals surface area contributed by atoms with Crippen LogP contribution in [0.2, 0.25) is 5.02 Å². The topological polar surface area (TPSA) is 29.5 Å². The summed E-state index contributed by atoms with van der Waals surface area (Å²) in [6, 6.07) is 7.48. The number of aliphatic hydroxyl groups is 1. The van der Waals surface area contributed by atoms with Gasteiger partial charge in [0.25, 0.3) is 0 Å². The van der Waals surface area contributed by atoms with Crippen molar-refractivity contribution in [2.24, 2.45) is 0 Å². The zero-order chi connectivity index (χ0) is 10.4. The summed E-state index contributed by atoms with van der Waals surface area (Å²) in [5.74, 6) is 0. The molecule has 0 saturated carbocycles. The maximum Gasteiger partial charge on any atom is 0.0870 e. The predicted octanol–water partition coefficient (Wildman–Crippen LogP) is 2.61. The number of ether oxygens (including phenoxy) is 1. The number of rotatable bonds is 5. The predicted molar refractivity (Wildman–Crippen MR) is 60.9 cm³/mol. The van der Waals surface area contributed by atoms with Crippen LogP contribution in [0, 0.1) is 0 Å². The minimum Gasteiger partial charge on any atom is -0.390 e. The first-order valence-corrected chi connectivity index (χ1v) is 5.78. The lowest BCUT2D eigenvalue weighted by Crippen LogP contribution is -2.16. The van der Waals surface area contributed by atoms with Crippen LogP contribution >= 0.6 is 27.5 Å². The Morgan fingerprint density at radius 2 is 2.29 bits per heavy atom. The molecule has 4 heteroatoms. The lowest BCUT2D eigenvalue weighted by molar-refractivity contribution is 0.0403. The molecular weight excluding hydrogens is 267 g/mol. The average Bonchev–Trinajstić information content (AvgIpc) is 2.17. The zero-order valence-electron chi connectivity index (χ0n) is 7.62. The normalized spacial score (nSPS) is 12.8. The van der Waals surface area contributed by atoms with Gasteiger partial charge in [-0.2, -0.15) is 0 Å². The quantitative estimate of drug-likeness (QED) is 0.840. The van der Waals surface area contributed by atoms with Crippen LogP contribution in [0.1, 0.15) is 5.56 Å². The third-order valence-electron chi connectivity index (χ3n) is 1.65. The number of halogens is 2. The van der Waals surface area contributed by atoms with E-state index < -0.39 is 6.10 Å². The highest BCUT2D eigenvalue weighted by atomic mass is 79.9. The molecule has 0 saturated heterocycles. The molecule has 14 heavy (non-hydrogen) atoms. The Kier molecular flexibility index (Phi) is 5.48.